The van der Waals surface area contributed by atoms with Gasteiger partial charge in [0, 0.05) is 5.56 Å². The van der Waals surface area contributed by atoms with E-state index in [-0.39, 0.29) is 18.6 Å². The van der Waals surface area contributed by atoms with Gasteiger partial charge in [-0.3, -0.25) is 0 Å². The Morgan fingerprint density at radius 1 is 1.22 bits per heavy atom. The highest BCUT2D eigenvalue weighted by molar-refractivity contribution is 7.90. The zero-order valence-corrected chi connectivity index (χ0v) is 16.1. The molecule has 27 heavy (non-hydrogen) atoms. The Bertz CT molecular complexity index is 859. The number of rotatable bonds is 10. The van der Waals surface area contributed by atoms with Crippen molar-refractivity contribution in [3.63, 3.8) is 0 Å². The summed E-state index contributed by atoms with van der Waals surface area (Å²) >= 11 is 0. The Morgan fingerprint density at radius 2 is 1.85 bits per heavy atom. The quantitative estimate of drug-likeness (QED) is 0.609. The topological polar surface area (TPSA) is 81.4 Å². The number of nitrogens with one attached hydrogen (secondary N) is 1. The molecule has 0 bridgehead atoms. The van der Waals surface area contributed by atoms with Crippen LogP contribution < -0.4 is 10.5 Å². The number of benzene rings is 2. The van der Waals surface area contributed by atoms with Crippen LogP contribution >= 0.6 is 0 Å². The minimum atomic E-state index is -3.98. The summed E-state index contributed by atoms with van der Waals surface area (Å²) in [6.45, 7) is 3.68. The van der Waals surface area contributed by atoms with Gasteiger partial charge in [-0.25, -0.2) is 17.5 Å². The Kier molecular flexibility index (Phi) is 7.26. The van der Waals surface area contributed by atoms with Crippen LogP contribution in [-0.2, 0) is 26.9 Å². The standard InChI is InChI=1S/C20H25FN2O3S/c1-3-4-14-20(22,17-12-8-9-13-18(17)21)19(27(24,25)23-2)26-15-16-10-6-5-7-11-16/h3,5-13,19,23H,1,4,14-15,22H2,2H3/t19?,20-/m1/s1. The van der Waals surface area contributed by atoms with Crippen molar-refractivity contribution in [3.05, 3.63) is 84.2 Å². The maximum Gasteiger partial charge on any atom is 0.240 e. The molecule has 146 valence electrons. The number of sulfonamides is 1. The lowest BCUT2D eigenvalue weighted by molar-refractivity contribution is 0.0336. The molecule has 0 radical (unpaired) electrons. The third kappa shape index (κ3) is 5.01. The van der Waals surface area contributed by atoms with Crippen LogP contribution in [0, 0.1) is 5.82 Å². The first-order valence-electron chi connectivity index (χ1n) is 8.58. The van der Waals surface area contributed by atoms with Crippen LogP contribution in [0.2, 0.25) is 0 Å². The molecule has 0 aliphatic carbocycles. The molecule has 1 unspecified atom stereocenters. The molecule has 0 aliphatic rings. The van der Waals surface area contributed by atoms with Gasteiger partial charge in [0.2, 0.25) is 10.0 Å². The number of hydrogen-bond donors (Lipinski definition) is 2. The zero-order chi connectivity index (χ0) is 19.9. The van der Waals surface area contributed by atoms with Crippen LogP contribution in [0.25, 0.3) is 0 Å². The highest BCUT2D eigenvalue weighted by Crippen LogP contribution is 2.34. The van der Waals surface area contributed by atoms with Crippen LogP contribution in [0.1, 0.15) is 24.0 Å². The van der Waals surface area contributed by atoms with Gasteiger partial charge in [-0.15, -0.1) is 6.58 Å². The summed E-state index contributed by atoms with van der Waals surface area (Å²) in [5.41, 5.74) is 4.32. The van der Waals surface area contributed by atoms with Crippen LogP contribution in [-0.4, -0.2) is 20.9 Å². The largest absolute Gasteiger partial charge is 0.354 e. The van der Waals surface area contributed by atoms with E-state index in [1.807, 2.05) is 30.3 Å². The van der Waals surface area contributed by atoms with Gasteiger partial charge in [-0.2, -0.15) is 0 Å². The van der Waals surface area contributed by atoms with E-state index in [2.05, 4.69) is 11.3 Å². The SMILES string of the molecule is C=CCC[C@@](N)(c1ccccc1F)C(OCc1ccccc1)S(=O)(=O)NC. The predicted octanol–water partition coefficient (Wildman–Crippen LogP) is 3.04. The van der Waals surface area contributed by atoms with Crippen molar-refractivity contribution in [1.82, 2.24) is 4.72 Å². The lowest BCUT2D eigenvalue weighted by Gasteiger charge is -2.37. The van der Waals surface area contributed by atoms with E-state index in [0.29, 0.717) is 6.42 Å². The summed E-state index contributed by atoms with van der Waals surface area (Å²) in [6, 6.07) is 15.0. The van der Waals surface area contributed by atoms with E-state index in [1.165, 1.54) is 25.2 Å². The molecule has 2 atom stereocenters. The molecule has 0 amide bonds. The van der Waals surface area contributed by atoms with Crippen LogP contribution in [0.3, 0.4) is 0 Å². The molecule has 0 fully saturated rings. The lowest BCUT2D eigenvalue weighted by Crippen LogP contribution is -2.55. The number of halogens is 1. The smallest absolute Gasteiger partial charge is 0.240 e. The molecule has 0 saturated heterocycles. The maximum atomic E-state index is 14.6. The molecule has 2 aromatic rings. The second-order valence-electron chi connectivity index (χ2n) is 6.23. The van der Waals surface area contributed by atoms with Crippen molar-refractivity contribution in [3.8, 4) is 0 Å². The summed E-state index contributed by atoms with van der Waals surface area (Å²) in [4.78, 5) is 0. The van der Waals surface area contributed by atoms with E-state index in [9.17, 15) is 12.8 Å². The summed E-state index contributed by atoms with van der Waals surface area (Å²) in [5.74, 6) is -0.580. The summed E-state index contributed by atoms with van der Waals surface area (Å²) in [5, 5.41) is 0. The predicted molar refractivity (Wildman–Crippen MR) is 105 cm³/mol. The zero-order valence-electron chi connectivity index (χ0n) is 15.3. The summed E-state index contributed by atoms with van der Waals surface area (Å²) in [7, 11) is -2.70. The molecular formula is C20H25FN2O3S. The normalized spacial score (nSPS) is 15.1. The van der Waals surface area contributed by atoms with Crippen LogP contribution in [0.5, 0.6) is 0 Å². The Balaban J connectivity index is 2.49. The molecule has 2 rings (SSSR count). The Labute approximate surface area is 160 Å². The van der Waals surface area contributed by atoms with Gasteiger partial charge >= 0.3 is 0 Å². The summed E-state index contributed by atoms with van der Waals surface area (Å²) in [6.07, 6.45) is 2.16. The van der Waals surface area contributed by atoms with Crippen molar-refractivity contribution in [2.24, 2.45) is 5.73 Å². The molecule has 0 heterocycles. The molecule has 0 aromatic heterocycles. The number of allylic oxidation sites excluding steroid dienone is 1. The van der Waals surface area contributed by atoms with Gasteiger partial charge in [-0.05, 0) is 31.5 Å². The number of hydrogen-bond acceptors (Lipinski definition) is 4. The highest BCUT2D eigenvalue weighted by atomic mass is 32.2. The second-order valence-corrected chi connectivity index (χ2v) is 8.15. The van der Waals surface area contributed by atoms with Crippen molar-refractivity contribution in [2.45, 2.75) is 30.4 Å². The fourth-order valence-corrected chi connectivity index (χ4v) is 4.19. The first-order valence-corrected chi connectivity index (χ1v) is 10.1. The first kappa shape index (κ1) is 21.2. The molecule has 5 nitrogen and oxygen atoms in total. The van der Waals surface area contributed by atoms with Gasteiger partial charge < -0.3 is 10.5 Å². The Morgan fingerprint density at radius 3 is 2.44 bits per heavy atom. The molecule has 2 aromatic carbocycles. The van der Waals surface area contributed by atoms with Gasteiger partial charge in [-0.1, -0.05) is 54.6 Å². The second kappa shape index (κ2) is 9.23. The minimum Gasteiger partial charge on any atom is -0.354 e. The first-order chi connectivity index (χ1) is 12.8. The fourth-order valence-electron chi connectivity index (χ4n) is 2.93. The van der Waals surface area contributed by atoms with Gasteiger partial charge in [0.15, 0.2) is 5.44 Å². The molecule has 0 spiro atoms. The average Bonchev–Trinajstić information content (AvgIpc) is 2.67. The average molecular weight is 392 g/mol. The van der Waals surface area contributed by atoms with Crippen LogP contribution in [0.15, 0.2) is 67.3 Å². The van der Waals surface area contributed by atoms with E-state index >= 15 is 0 Å². The lowest BCUT2D eigenvalue weighted by atomic mass is 9.86. The third-order valence-corrected chi connectivity index (χ3v) is 6.06. The van der Waals surface area contributed by atoms with Crippen molar-refractivity contribution >= 4 is 10.0 Å². The highest BCUT2D eigenvalue weighted by Gasteiger charge is 2.46. The van der Waals surface area contributed by atoms with Gasteiger partial charge in [0.05, 0.1) is 12.1 Å². The van der Waals surface area contributed by atoms with E-state index in [1.54, 1.807) is 12.1 Å². The molecule has 7 heteroatoms. The van der Waals surface area contributed by atoms with E-state index in [4.69, 9.17) is 10.5 Å². The van der Waals surface area contributed by atoms with Crippen LogP contribution in [0.4, 0.5) is 4.39 Å². The van der Waals surface area contributed by atoms with Crippen molar-refractivity contribution in [2.75, 3.05) is 7.05 Å². The summed E-state index contributed by atoms with van der Waals surface area (Å²) < 4.78 is 48.1. The number of ether oxygens (including phenoxy) is 1. The maximum absolute atomic E-state index is 14.6. The molecule has 3 N–H and O–H groups in total. The monoisotopic (exact) mass is 392 g/mol. The molecule has 0 aliphatic heterocycles. The van der Waals surface area contributed by atoms with Gasteiger partial charge in [0.1, 0.15) is 5.82 Å². The third-order valence-electron chi connectivity index (χ3n) is 4.37. The van der Waals surface area contributed by atoms with Crippen molar-refractivity contribution < 1.29 is 17.5 Å². The van der Waals surface area contributed by atoms with Gasteiger partial charge in [0.25, 0.3) is 0 Å². The van der Waals surface area contributed by atoms with Crippen molar-refractivity contribution in [1.29, 1.82) is 0 Å². The molecular weight excluding hydrogens is 367 g/mol. The fraction of sp³-hybridized carbons (Fsp3) is 0.300. The van der Waals surface area contributed by atoms with E-state index < -0.39 is 26.8 Å². The van der Waals surface area contributed by atoms with E-state index in [0.717, 1.165) is 5.56 Å². The minimum absolute atomic E-state index is 0.0217. The molecule has 0 saturated carbocycles. The number of nitrogens with two attached hydrogens (primary N) is 1. The Hall–Kier alpha value is -2.06.